The highest BCUT2D eigenvalue weighted by atomic mass is 19.1. The number of halogens is 1. The predicted molar refractivity (Wildman–Crippen MR) is 112 cm³/mol. The number of carbonyl (C=O) groups excluding carboxylic acids is 2. The van der Waals surface area contributed by atoms with Crippen LogP contribution in [0.4, 0.5) is 9.18 Å². The molecular weight excluding hydrogens is 404 g/mol. The van der Waals surface area contributed by atoms with Gasteiger partial charge < -0.3 is 25.0 Å². The fourth-order valence-corrected chi connectivity index (χ4v) is 4.09. The van der Waals surface area contributed by atoms with Crippen LogP contribution >= 0.6 is 0 Å². The van der Waals surface area contributed by atoms with Crippen LogP contribution in [-0.2, 0) is 16.0 Å². The van der Waals surface area contributed by atoms with Gasteiger partial charge in [0.1, 0.15) is 18.8 Å². The van der Waals surface area contributed by atoms with Gasteiger partial charge in [-0.3, -0.25) is 4.79 Å². The van der Waals surface area contributed by atoms with E-state index in [2.05, 4.69) is 5.32 Å². The Kier molecular flexibility index (Phi) is 8.83. The quantitative estimate of drug-likeness (QED) is 0.512. The van der Waals surface area contributed by atoms with Crippen LogP contribution in [0.15, 0.2) is 24.3 Å². The molecule has 1 aliphatic rings. The normalized spacial score (nSPS) is 21.3. The number of nitrogens with zero attached hydrogens (tertiary/aromatic N) is 2. The summed E-state index contributed by atoms with van der Waals surface area (Å²) in [6.45, 7) is 3.76. The zero-order valence-electron chi connectivity index (χ0n) is 17.9. The third kappa shape index (κ3) is 6.67. The molecule has 168 valence electrons. The lowest BCUT2D eigenvalue weighted by Gasteiger charge is -2.38. The lowest BCUT2D eigenvalue weighted by Crippen LogP contribution is -2.53. The molecule has 1 saturated heterocycles. The number of benzene rings is 1. The topological polar surface area (TPSA) is 123 Å². The standard InChI is InChI=1S/C21H29BFN3O5/c1-3-4-17-9-11-21(2,26(17)19(27)10-12-24)14-31-20(28)25-18(22(29)30)13-15-5-7-16(23)8-6-15/h5-8,17-18,29-30H,3-4,9-11,13-14H2,1-2H3,(H,25,28). The van der Waals surface area contributed by atoms with E-state index in [0.717, 1.165) is 19.3 Å². The van der Waals surface area contributed by atoms with E-state index in [1.807, 2.05) is 19.9 Å². The third-order valence-electron chi connectivity index (χ3n) is 5.63. The lowest BCUT2D eigenvalue weighted by molar-refractivity contribution is -0.138. The highest BCUT2D eigenvalue weighted by Crippen LogP contribution is 2.36. The maximum Gasteiger partial charge on any atom is 0.475 e. The molecule has 0 saturated carbocycles. The Morgan fingerprint density at radius 3 is 2.68 bits per heavy atom. The van der Waals surface area contributed by atoms with Crippen molar-refractivity contribution >= 4 is 19.1 Å². The number of carbonyl (C=O) groups is 2. The molecule has 0 spiro atoms. The fourth-order valence-electron chi connectivity index (χ4n) is 4.09. The smallest absolute Gasteiger partial charge is 0.447 e. The average molecular weight is 433 g/mol. The van der Waals surface area contributed by atoms with Crippen LogP contribution in [0.2, 0.25) is 0 Å². The van der Waals surface area contributed by atoms with Crippen molar-refractivity contribution in [1.82, 2.24) is 10.2 Å². The van der Waals surface area contributed by atoms with Gasteiger partial charge in [0.2, 0.25) is 5.91 Å². The van der Waals surface area contributed by atoms with Gasteiger partial charge in [0.25, 0.3) is 0 Å². The minimum atomic E-state index is -1.85. The molecule has 1 heterocycles. The van der Waals surface area contributed by atoms with Crippen LogP contribution in [0.5, 0.6) is 0 Å². The van der Waals surface area contributed by atoms with Crippen LogP contribution in [0.25, 0.3) is 0 Å². The largest absolute Gasteiger partial charge is 0.475 e. The molecule has 3 atom stereocenters. The van der Waals surface area contributed by atoms with Gasteiger partial charge in [-0.15, -0.1) is 0 Å². The minimum Gasteiger partial charge on any atom is -0.447 e. The number of ether oxygens (including phenoxy) is 1. The molecule has 0 aliphatic carbocycles. The Morgan fingerprint density at radius 2 is 2.10 bits per heavy atom. The zero-order chi connectivity index (χ0) is 23.0. The Hall–Kier alpha value is -2.64. The maximum absolute atomic E-state index is 13.1. The third-order valence-corrected chi connectivity index (χ3v) is 5.63. The van der Waals surface area contributed by atoms with Crippen molar-refractivity contribution in [2.24, 2.45) is 0 Å². The monoisotopic (exact) mass is 433 g/mol. The Morgan fingerprint density at radius 1 is 1.42 bits per heavy atom. The highest BCUT2D eigenvalue weighted by Gasteiger charge is 2.46. The summed E-state index contributed by atoms with van der Waals surface area (Å²) in [5.41, 5.74) is -0.131. The van der Waals surface area contributed by atoms with E-state index in [1.54, 1.807) is 4.90 Å². The Labute approximate surface area is 182 Å². The molecule has 0 radical (unpaired) electrons. The number of hydrogen-bond donors (Lipinski definition) is 3. The first-order valence-electron chi connectivity index (χ1n) is 10.4. The molecule has 0 aromatic heterocycles. The molecule has 8 nitrogen and oxygen atoms in total. The lowest BCUT2D eigenvalue weighted by atomic mass is 9.76. The number of alkyl carbamates (subject to hydrolysis) is 1. The summed E-state index contributed by atoms with van der Waals surface area (Å²) >= 11 is 0. The second kappa shape index (κ2) is 11.1. The van der Waals surface area contributed by atoms with Gasteiger partial charge in [-0.2, -0.15) is 5.26 Å². The number of likely N-dealkylation sites (tertiary alicyclic amines) is 1. The molecule has 1 aliphatic heterocycles. The molecule has 3 N–H and O–H groups in total. The second-order valence-electron chi connectivity index (χ2n) is 8.15. The summed E-state index contributed by atoms with van der Waals surface area (Å²) in [6, 6.07) is 7.35. The summed E-state index contributed by atoms with van der Waals surface area (Å²) in [7, 11) is -1.85. The molecule has 0 bridgehead atoms. The van der Waals surface area contributed by atoms with E-state index in [9.17, 15) is 24.0 Å². The van der Waals surface area contributed by atoms with Crippen molar-refractivity contribution in [3.8, 4) is 6.07 Å². The predicted octanol–water partition coefficient (Wildman–Crippen LogP) is 1.94. The summed E-state index contributed by atoms with van der Waals surface area (Å²) in [5.74, 6) is -1.76. The number of rotatable bonds is 9. The van der Waals surface area contributed by atoms with E-state index in [0.29, 0.717) is 12.0 Å². The number of amides is 2. The summed E-state index contributed by atoms with van der Waals surface area (Å²) in [5, 5.41) is 30.5. The fraction of sp³-hybridized carbons (Fsp3) is 0.571. The van der Waals surface area contributed by atoms with Crippen LogP contribution in [0, 0.1) is 17.1 Å². The first-order valence-corrected chi connectivity index (χ1v) is 10.4. The number of nitrogens with one attached hydrogen (secondary N) is 1. The van der Waals surface area contributed by atoms with E-state index in [4.69, 9.17) is 10.00 Å². The van der Waals surface area contributed by atoms with Crippen LogP contribution in [0.1, 0.15) is 51.5 Å². The summed E-state index contributed by atoms with van der Waals surface area (Å²) in [4.78, 5) is 26.5. The zero-order valence-corrected chi connectivity index (χ0v) is 17.9. The Balaban J connectivity index is 2.00. The highest BCUT2D eigenvalue weighted by molar-refractivity contribution is 6.43. The van der Waals surface area contributed by atoms with Gasteiger partial charge in [-0.25, -0.2) is 9.18 Å². The van der Waals surface area contributed by atoms with Crippen LogP contribution in [-0.4, -0.2) is 58.2 Å². The molecule has 10 heteroatoms. The van der Waals surface area contributed by atoms with Gasteiger partial charge in [-0.05, 0) is 50.3 Å². The van der Waals surface area contributed by atoms with Crippen molar-refractivity contribution in [3.63, 3.8) is 0 Å². The van der Waals surface area contributed by atoms with Gasteiger partial charge in [0.15, 0.2) is 0 Å². The van der Waals surface area contributed by atoms with Crippen molar-refractivity contribution in [2.75, 3.05) is 6.61 Å². The summed E-state index contributed by atoms with van der Waals surface area (Å²) in [6.07, 6.45) is 2.05. The van der Waals surface area contributed by atoms with Crippen LogP contribution in [0.3, 0.4) is 0 Å². The SMILES string of the molecule is CCCC1CCC(C)(COC(=O)NC(Cc2ccc(F)cc2)B(O)O)N1C(=O)CC#N. The maximum atomic E-state index is 13.1. The molecule has 31 heavy (non-hydrogen) atoms. The molecule has 2 amide bonds. The Bertz CT molecular complexity index is 801. The summed E-state index contributed by atoms with van der Waals surface area (Å²) < 4.78 is 18.4. The molecule has 1 aromatic carbocycles. The molecular formula is C21H29BFN3O5. The number of hydrogen-bond acceptors (Lipinski definition) is 6. The molecule has 2 rings (SSSR count). The second-order valence-corrected chi connectivity index (χ2v) is 8.15. The van der Waals surface area contributed by atoms with Gasteiger partial charge in [0, 0.05) is 6.04 Å². The number of nitriles is 1. The van der Waals surface area contributed by atoms with Gasteiger partial charge in [-0.1, -0.05) is 25.5 Å². The van der Waals surface area contributed by atoms with Crippen LogP contribution < -0.4 is 5.32 Å². The van der Waals surface area contributed by atoms with Gasteiger partial charge in [0.05, 0.1) is 17.5 Å². The molecule has 3 unspecified atom stereocenters. The first kappa shape index (κ1) is 24.6. The van der Waals surface area contributed by atoms with Gasteiger partial charge >= 0.3 is 13.2 Å². The van der Waals surface area contributed by atoms with Crippen molar-refractivity contribution < 1.29 is 28.8 Å². The van der Waals surface area contributed by atoms with E-state index in [1.165, 1.54) is 24.3 Å². The van der Waals surface area contributed by atoms with Crippen molar-refractivity contribution in [2.45, 2.75) is 69.9 Å². The average Bonchev–Trinajstić information content (AvgIpc) is 3.04. The van der Waals surface area contributed by atoms with Crippen molar-refractivity contribution in [1.29, 1.82) is 5.26 Å². The molecule has 1 fully saturated rings. The minimum absolute atomic E-state index is 0.00648. The van der Waals surface area contributed by atoms with Crippen molar-refractivity contribution in [3.05, 3.63) is 35.6 Å². The van der Waals surface area contributed by atoms with E-state index < -0.39 is 30.5 Å². The van der Waals surface area contributed by atoms with E-state index >= 15 is 0 Å². The van der Waals surface area contributed by atoms with E-state index in [-0.39, 0.29) is 31.4 Å². The first-order chi connectivity index (χ1) is 14.7. The molecule has 1 aromatic rings.